The lowest BCUT2D eigenvalue weighted by molar-refractivity contribution is -0.133. The van der Waals surface area contributed by atoms with Gasteiger partial charge in [0.25, 0.3) is 0 Å². The van der Waals surface area contributed by atoms with Crippen LogP contribution in [0.1, 0.15) is 37.8 Å². The molecule has 0 radical (unpaired) electrons. The maximum Gasteiger partial charge on any atom is 0.224 e. The maximum atomic E-state index is 12.8. The molecule has 9 heteroatoms. The molecule has 1 aliphatic heterocycles. The Hall–Kier alpha value is -2.13. The third kappa shape index (κ3) is 5.93. The predicted molar refractivity (Wildman–Crippen MR) is 106 cm³/mol. The first-order valence-corrected chi connectivity index (χ1v) is 11.1. The Morgan fingerprint density at radius 2 is 1.82 bits per heavy atom. The average Bonchev–Trinajstić information content (AvgIpc) is 2.66. The monoisotopic (exact) mass is 411 g/mol. The summed E-state index contributed by atoms with van der Waals surface area (Å²) in [6, 6.07) is 6.74. The molecule has 0 aromatic heterocycles. The van der Waals surface area contributed by atoms with E-state index in [1.165, 1.54) is 17.5 Å². The van der Waals surface area contributed by atoms with E-state index in [-0.39, 0.29) is 24.3 Å². The van der Waals surface area contributed by atoms with Gasteiger partial charge in [-0.05, 0) is 30.5 Å². The van der Waals surface area contributed by atoms with Gasteiger partial charge in [-0.2, -0.15) is 0 Å². The molecular formula is C19H29N3O5S. The van der Waals surface area contributed by atoms with Gasteiger partial charge in [0.1, 0.15) is 5.75 Å². The summed E-state index contributed by atoms with van der Waals surface area (Å²) in [5, 5.41) is 2.84. The highest BCUT2D eigenvalue weighted by molar-refractivity contribution is 7.88. The quantitative estimate of drug-likeness (QED) is 0.726. The van der Waals surface area contributed by atoms with Crippen molar-refractivity contribution in [3.63, 3.8) is 0 Å². The van der Waals surface area contributed by atoms with Gasteiger partial charge in [-0.3, -0.25) is 9.59 Å². The molecule has 1 saturated heterocycles. The van der Waals surface area contributed by atoms with E-state index in [0.717, 1.165) is 5.56 Å². The van der Waals surface area contributed by atoms with Crippen LogP contribution in [0.3, 0.4) is 0 Å². The molecule has 0 saturated carbocycles. The molecule has 0 spiro atoms. The van der Waals surface area contributed by atoms with E-state index >= 15 is 0 Å². The van der Waals surface area contributed by atoms with E-state index in [9.17, 15) is 18.0 Å². The minimum atomic E-state index is -3.24. The van der Waals surface area contributed by atoms with E-state index in [1.807, 2.05) is 12.1 Å². The Kier molecular flexibility index (Phi) is 7.42. The van der Waals surface area contributed by atoms with Gasteiger partial charge in [-0.1, -0.05) is 12.1 Å². The third-order valence-electron chi connectivity index (χ3n) is 5.13. The van der Waals surface area contributed by atoms with Crippen molar-refractivity contribution >= 4 is 21.8 Å². The number of nitrogens with zero attached hydrogens (tertiary/aromatic N) is 2. The lowest BCUT2D eigenvalue weighted by Crippen LogP contribution is -2.47. The van der Waals surface area contributed by atoms with Crippen LogP contribution in [-0.4, -0.2) is 69.0 Å². The summed E-state index contributed by atoms with van der Waals surface area (Å²) < 4.78 is 29.9. The molecule has 1 heterocycles. The summed E-state index contributed by atoms with van der Waals surface area (Å²) in [6.45, 7) is 2.42. The molecule has 0 bridgehead atoms. The molecule has 8 nitrogen and oxygen atoms in total. The maximum absolute atomic E-state index is 12.8. The zero-order valence-electron chi connectivity index (χ0n) is 16.8. The van der Waals surface area contributed by atoms with Gasteiger partial charge in [0.15, 0.2) is 0 Å². The Morgan fingerprint density at radius 1 is 1.25 bits per heavy atom. The number of ether oxygens (including phenoxy) is 1. The molecule has 1 aromatic carbocycles. The number of carbonyl (C=O) groups excluding carboxylic acids is 2. The first-order chi connectivity index (χ1) is 13.1. The minimum Gasteiger partial charge on any atom is -0.497 e. The Morgan fingerprint density at radius 3 is 2.29 bits per heavy atom. The second kappa shape index (κ2) is 9.38. The smallest absolute Gasteiger partial charge is 0.224 e. The normalized spacial score (nSPS) is 16.7. The minimum absolute atomic E-state index is 0.0602. The van der Waals surface area contributed by atoms with Crippen LogP contribution in [0.2, 0.25) is 0 Å². The van der Waals surface area contributed by atoms with Crippen LogP contribution in [0.15, 0.2) is 24.3 Å². The van der Waals surface area contributed by atoms with E-state index in [2.05, 4.69) is 5.32 Å². The van der Waals surface area contributed by atoms with Crippen molar-refractivity contribution in [2.75, 3.05) is 33.5 Å². The predicted octanol–water partition coefficient (Wildman–Crippen LogP) is 1.14. The topological polar surface area (TPSA) is 96.0 Å². The Labute approximate surface area is 166 Å². The number of amides is 2. The number of carbonyl (C=O) groups is 2. The van der Waals surface area contributed by atoms with Crippen LogP contribution in [0.5, 0.6) is 5.75 Å². The lowest BCUT2D eigenvalue weighted by atomic mass is 10.0. The Bertz CT molecular complexity index is 786. The average molecular weight is 412 g/mol. The first-order valence-electron chi connectivity index (χ1n) is 9.23. The molecule has 1 N–H and O–H groups in total. The fourth-order valence-electron chi connectivity index (χ4n) is 3.39. The molecule has 2 rings (SSSR count). The number of rotatable bonds is 7. The van der Waals surface area contributed by atoms with Crippen LogP contribution in [0, 0.1) is 0 Å². The van der Waals surface area contributed by atoms with Crippen LogP contribution in [0.4, 0.5) is 0 Å². The van der Waals surface area contributed by atoms with Crippen molar-refractivity contribution in [3.8, 4) is 5.75 Å². The summed E-state index contributed by atoms with van der Waals surface area (Å²) in [7, 11) is -0.0869. The van der Waals surface area contributed by atoms with Crippen molar-refractivity contribution < 1.29 is 22.7 Å². The van der Waals surface area contributed by atoms with Crippen molar-refractivity contribution in [2.45, 2.75) is 38.3 Å². The number of nitrogens with one attached hydrogen (secondary N) is 1. The highest BCUT2D eigenvalue weighted by Crippen LogP contribution is 2.23. The standard InChI is InChI=1S/C19H29N3O5S/c1-14(23)20-18(15-5-7-17(27-3)8-6-15)13-19(24)22-11-9-16(10-12-22)21(2)28(4,25)26/h5-8,16,18H,9-13H2,1-4H3,(H,20,23). The van der Waals surface area contributed by atoms with Gasteiger partial charge in [-0.25, -0.2) is 12.7 Å². The highest BCUT2D eigenvalue weighted by atomic mass is 32.2. The van der Waals surface area contributed by atoms with Crippen molar-refractivity contribution in [3.05, 3.63) is 29.8 Å². The number of sulfonamides is 1. The van der Waals surface area contributed by atoms with Crippen LogP contribution < -0.4 is 10.1 Å². The number of hydrogen-bond acceptors (Lipinski definition) is 5. The van der Waals surface area contributed by atoms with Crippen LogP contribution >= 0.6 is 0 Å². The number of benzene rings is 1. The molecule has 1 aromatic rings. The zero-order chi connectivity index (χ0) is 20.9. The molecule has 1 atom stereocenters. The summed E-state index contributed by atoms with van der Waals surface area (Å²) in [5.41, 5.74) is 0.830. The van der Waals surface area contributed by atoms with Gasteiger partial charge in [0.05, 0.1) is 25.8 Å². The van der Waals surface area contributed by atoms with Crippen LogP contribution in [0.25, 0.3) is 0 Å². The van der Waals surface area contributed by atoms with Crippen molar-refractivity contribution in [1.82, 2.24) is 14.5 Å². The van der Waals surface area contributed by atoms with Crippen molar-refractivity contribution in [1.29, 1.82) is 0 Å². The molecule has 1 unspecified atom stereocenters. The summed E-state index contributed by atoms with van der Waals surface area (Å²) in [4.78, 5) is 26.1. The molecule has 1 fully saturated rings. The van der Waals surface area contributed by atoms with Crippen LogP contribution in [-0.2, 0) is 19.6 Å². The third-order valence-corrected chi connectivity index (χ3v) is 6.47. The van der Waals surface area contributed by atoms with Gasteiger partial charge >= 0.3 is 0 Å². The van der Waals surface area contributed by atoms with Gasteiger partial charge < -0.3 is 15.0 Å². The number of methoxy groups -OCH3 is 1. The lowest BCUT2D eigenvalue weighted by Gasteiger charge is -2.36. The fourth-order valence-corrected chi connectivity index (χ4v) is 4.14. The first kappa shape index (κ1) is 22.2. The molecular weight excluding hydrogens is 382 g/mol. The van der Waals surface area contributed by atoms with E-state index < -0.39 is 16.1 Å². The molecule has 1 aliphatic rings. The molecule has 0 aliphatic carbocycles. The highest BCUT2D eigenvalue weighted by Gasteiger charge is 2.30. The van der Waals surface area contributed by atoms with Gasteiger partial charge in [-0.15, -0.1) is 0 Å². The summed E-state index contributed by atoms with van der Waals surface area (Å²) in [5.74, 6) is 0.436. The Balaban J connectivity index is 2.01. The SMILES string of the molecule is COc1ccc(C(CC(=O)N2CCC(N(C)S(C)(=O)=O)CC2)NC(C)=O)cc1. The van der Waals surface area contributed by atoms with Crippen molar-refractivity contribution in [2.24, 2.45) is 0 Å². The number of hydrogen-bond donors (Lipinski definition) is 1. The van der Waals surface area contributed by atoms with E-state index in [1.54, 1.807) is 31.2 Å². The molecule has 2 amide bonds. The fraction of sp³-hybridized carbons (Fsp3) is 0.579. The number of piperidine rings is 1. The number of likely N-dealkylation sites (tertiary alicyclic amines) is 1. The van der Waals surface area contributed by atoms with Gasteiger partial charge in [0.2, 0.25) is 21.8 Å². The van der Waals surface area contributed by atoms with E-state index in [4.69, 9.17) is 4.74 Å². The second-order valence-electron chi connectivity index (χ2n) is 7.12. The molecule has 28 heavy (non-hydrogen) atoms. The molecule has 156 valence electrons. The summed E-state index contributed by atoms with van der Waals surface area (Å²) in [6.07, 6.45) is 2.54. The zero-order valence-corrected chi connectivity index (χ0v) is 17.7. The van der Waals surface area contributed by atoms with E-state index in [0.29, 0.717) is 31.7 Å². The largest absolute Gasteiger partial charge is 0.497 e. The second-order valence-corrected chi connectivity index (χ2v) is 9.16. The van der Waals surface area contributed by atoms with Gasteiger partial charge in [0, 0.05) is 33.1 Å². The summed E-state index contributed by atoms with van der Waals surface area (Å²) >= 11 is 0.